The molecule has 5 heteroatoms. The summed E-state index contributed by atoms with van der Waals surface area (Å²) in [5, 5.41) is 8.81. The Balaban J connectivity index is 2.05. The zero-order chi connectivity index (χ0) is 13.8. The molecule has 0 amide bonds. The molecule has 1 N–H and O–H groups in total. The molecule has 2 rings (SSSR count). The molecule has 0 heterocycles. The van der Waals surface area contributed by atoms with E-state index in [1.807, 2.05) is 18.2 Å². The second kappa shape index (κ2) is 6.39. The monoisotopic (exact) mass is 327 g/mol. The minimum Gasteiger partial charge on any atom is -0.497 e. The van der Waals surface area contributed by atoms with Gasteiger partial charge in [0.25, 0.3) is 0 Å². The van der Waals surface area contributed by atoms with Gasteiger partial charge in [-0.3, -0.25) is 9.69 Å². The fourth-order valence-corrected chi connectivity index (χ4v) is 2.46. The molecule has 0 aliphatic heterocycles. The molecule has 1 aliphatic rings. The van der Waals surface area contributed by atoms with Gasteiger partial charge in [0.05, 0.1) is 13.5 Å². The van der Waals surface area contributed by atoms with Gasteiger partial charge in [0, 0.05) is 23.6 Å². The quantitative estimate of drug-likeness (QED) is 0.836. The van der Waals surface area contributed by atoms with Crippen molar-refractivity contribution in [3.8, 4) is 5.75 Å². The fourth-order valence-electron chi connectivity index (χ4n) is 2.09. The van der Waals surface area contributed by atoms with Crippen molar-refractivity contribution in [1.29, 1.82) is 0 Å². The Labute approximate surface area is 121 Å². The molecular formula is C14H18BrNO3. The topological polar surface area (TPSA) is 49.8 Å². The maximum absolute atomic E-state index is 10.7. The van der Waals surface area contributed by atoms with Crippen LogP contribution in [-0.4, -0.2) is 35.7 Å². The minimum absolute atomic E-state index is 0.193. The Hall–Kier alpha value is -1.07. The summed E-state index contributed by atoms with van der Waals surface area (Å²) >= 11 is 3.54. The lowest BCUT2D eigenvalue weighted by molar-refractivity contribution is -0.137. The van der Waals surface area contributed by atoms with Crippen molar-refractivity contribution in [2.75, 3.05) is 13.7 Å². The Morgan fingerprint density at radius 2 is 2.26 bits per heavy atom. The standard InChI is InChI=1S/C14H18BrNO3/c1-19-12-4-5-13(15)10(8-12)9-16(11-2-3-11)7-6-14(17)18/h4-5,8,11H,2-3,6-7,9H2,1H3,(H,17,18). The Kier molecular flexibility index (Phi) is 4.82. The van der Waals surface area contributed by atoms with Crippen molar-refractivity contribution < 1.29 is 14.6 Å². The van der Waals surface area contributed by atoms with Crippen LogP contribution in [0.2, 0.25) is 0 Å². The lowest BCUT2D eigenvalue weighted by Gasteiger charge is -2.22. The van der Waals surface area contributed by atoms with Gasteiger partial charge < -0.3 is 9.84 Å². The first-order valence-corrected chi connectivity index (χ1v) is 7.17. The number of aliphatic carboxylic acids is 1. The smallest absolute Gasteiger partial charge is 0.304 e. The molecule has 0 unspecified atom stereocenters. The van der Waals surface area contributed by atoms with Crippen LogP contribution in [0.1, 0.15) is 24.8 Å². The predicted molar refractivity (Wildman–Crippen MR) is 76.4 cm³/mol. The van der Waals surface area contributed by atoms with E-state index in [1.54, 1.807) is 7.11 Å². The van der Waals surface area contributed by atoms with Crippen molar-refractivity contribution in [3.05, 3.63) is 28.2 Å². The molecule has 0 spiro atoms. The number of hydrogen-bond donors (Lipinski definition) is 1. The largest absolute Gasteiger partial charge is 0.497 e. The van der Waals surface area contributed by atoms with Gasteiger partial charge in [-0.05, 0) is 36.6 Å². The number of carboxylic acids is 1. The van der Waals surface area contributed by atoms with Gasteiger partial charge in [0.15, 0.2) is 0 Å². The highest BCUT2D eigenvalue weighted by Crippen LogP contribution is 2.31. The minimum atomic E-state index is -0.740. The first-order valence-electron chi connectivity index (χ1n) is 6.38. The molecule has 1 fully saturated rings. The van der Waals surface area contributed by atoms with E-state index >= 15 is 0 Å². The summed E-state index contributed by atoms with van der Waals surface area (Å²) in [6.07, 6.45) is 2.53. The SMILES string of the molecule is COc1ccc(Br)c(CN(CCC(=O)O)C2CC2)c1. The van der Waals surface area contributed by atoms with Gasteiger partial charge >= 0.3 is 5.97 Å². The van der Waals surface area contributed by atoms with Gasteiger partial charge in [0.1, 0.15) is 5.75 Å². The Bertz CT molecular complexity index is 460. The molecular weight excluding hydrogens is 310 g/mol. The number of benzene rings is 1. The normalized spacial score (nSPS) is 14.7. The molecule has 19 heavy (non-hydrogen) atoms. The van der Waals surface area contributed by atoms with Crippen molar-refractivity contribution in [3.63, 3.8) is 0 Å². The van der Waals surface area contributed by atoms with Crippen LogP contribution in [0.25, 0.3) is 0 Å². The average Bonchev–Trinajstić information content (AvgIpc) is 3.20. The summed E-state index contributed by atoms with van der Waals surface area (Å²) in [5.74, 6) is 0.0857. The summed E-state index contributed by atoms with van der Waals surface area (Å²) in [6, 6.07) is 6.42. The molecule has 104 valence electrons. The highest BCUT2D eigenvalue weighted by molar-refractivity contribution is 9.10. The van der Waals surface area contributed by atoms with Crippen molar-refractivity contribution in [1.82, 2.24) is 4.90 Å². The fraction of sp³-hybridized carbons (Fsp3) is 0.500. The van der Waals surface area contributed by atoms with E-state index in [1.165, 1.54) is 12.8 Å². The van der Waals surface area contributed by atoms with Gasteiger partial charge in [-0.25, -0.2) is 0 Å². The Morgan fingerprint density at radius 3 is 2.84 bits per heavy atom. The summed E-state index contributed by atoms with van der Waals surface area (Å²) in [4.78, 5) is 13.0. The third-order valence-corrected chi connectivity index (χ3v) is 4.08. The number of carbonyl (C=O) groups is 1. The number of methoxy groups -OCH3 is 1. The van der Waals surface area contributed by atoms with Crippen LogP contribution in [-0.2, 0) is 11.3 Å². The van der Waals surface area contributed by atoms with Crippen LogP contribution in [0, 0.1) is 0 Å². The van der Waals surface area contributed by atoms with Crippen LogP contribution in [0.4, 0.5) is 0 Å². The van der Waals surface area contributed by atoms with E-state index in [-0.39, 0.29) is 6.42 Å². The molecule has 0 saturated heterocycles. The molecule has 1 aliphatic carbocycles. The zero-order valence-electron chi connectivity index (χ0n) is 10.9. The average molecular weight is 328 g/mol. The number of halogens is 1. The first kappa shape index (κ1) is 14.3. The number of rotatable bonds is 7. The molecule has 1 aromatic carbocycles. The molecule has 0 atom stereocenters. The van der Waals surface area contributed by atoms with Crippen LogP contribution in [0.15, 0.2) is 22.7 Å². The second-order valence-electron chi connectivity index (χ2n) is 4.80. The van der Waals surface area contributed by atoms with Gasteiger partial charge in [-0.15, -0.1) is 0 Å². The van der Waals surface area contributed by atoms with E-state index in [0.717, 1.165) is 22.3 Å². The molecule has 0 radical (unpaired) electrons. The van der Waals surface area contributed by atoms with E-state index in [2.05, 4.69) is 20.8 Å². The lowest BCUT2D eigenvalue weighted by Crippen LogP contribution is -2.28. The maximum atomic E-state index is 10.7. The highest BCUT2D eigenvalue weighted by atomic mass is 79.9. The van der Waals surface area contributed by atoms with Gasteiger partial charge in [-0.2, -0.15) is 0 Å². The van der Waals surface area contributed by atoms with Crippen molar-refractivity contribution in [2.24, 2.45) is 0 Å². The number of ether oxygens (including phenoxy) is 1. The van der Waals surface area contributed by atoms with Crippen LogP contribution < -0.4 is 4.74 Å². The van der Waals surface area contributed by atoms with E-state index in [0.29, 0.717) is 12.6 Å². The molecule has 1 aromatic rings. The van der Waals surface area contributed by atoms with Crippen molar-refractivity contribution >= 4 is 21.9 Å². The Morgan fingerprint density at radius 1 is 1.53 bits per heavy atom. The number of hydrogen-bond acceptors (Lipinski definition) is 3. The maximum Gasteiger partial charge on any atom is 0.304 e. The van der Waals surface area contributed by atoms with Gasteiger partial charge in [0.2, 0.25) is 0 Å². The van der Waals surface area contributed by atoms with Crippen LogP contribution in [0.5, 0.6) is 5.75 Å². The van der Waals surface area contributed by atoms with Gasteiger partial charge in [-0.1, -0.05) is 15.9 Å². The van der Waals surface area contributed by atoms with Crippen molar-refractivity contribution in [2.45, 2.75) is 31.8 Å². The van der Waals surface area contributed by atoms with E-state index in [9.17, 15) is 4.79 Å². The first-order chi connectivity index (χ1) is 9.10. The number of nitrogens with zero attached hydrogens (tertiary/aromatic N) is 1. The summed E-state index contributed by atoms with van der Waals surface area (Å²) in [7, 11) is 1.65. The zero-order valence-corrected chi connectivity index (χ0v) is 12.5. The highest BCUT2D eigenvalue weighted by Gasteiger charge is 2.29. The van der Waals surface area contributed by atoms with E-state index < -0.39 is 5.97 Å². The van der Waals surface area contributed by atoms with Crippen LogP contribution in [0.3, 0.4) is 0 Å². The summed E-state index contributed by atoms with van der Waals surface area (Å²) in [5.41, 5.74) is 1.14. The number of carboxylic acid groups (broad SMARTS) is 1. The molecule has 0 bridgehead atoms. The summed E-state index contributed by atoms with van der Waals surface area (Å²) < 4.78 is 6.27. The van der Waals surface area contributed by atoms with E-state index in [4.69, 9.17) is 9.84 Å². The summed E-state index contributed by atoms with van der Waals surface area (Å²) in [6.45, 7) is 1.36. The third kappa shape index (κ3) is 4.21. The second-order valence-corrected chi connectivity index (χ2v) is 5.66. The molecule has 4 nitrogen and oxygen atoms in total. The third-order valence-electron chi connectivity index (χ3n) is 3.30. The lowest BCUT2D eigenvalue weighted by atomic mass is 10.2. The molecule has 0 aromatic heterocycles. The van der Waals surface area contributed by atoms with Crippen LogP contribution >= 0.6 is 15.9 Å². The molecule has 1 saturated carbocycles. The predicted octanol–water partition coefficient (Wildman–Crippen LogP) is 2.90.